The molecule has 0 bridgehead atoms. The van der Waals surface area contributed by atoms with E-state index in [-0.39, 0.29) is 12.1 Å². The van der Waals surface area contributed by atoms with Crippen molar-refractivity contribution in [1.29, 1.82) is 0 Å². The summed E-state index contributed by atoms with van der Waals surface area (Å²) in [5.41, 5.74) is 1.000. The molecular weight excluding hydrogens is 332 g/mol. The normalized spacial score (nSPS) is 16.8. The van der Waals surface area contributed by atoms with Crippen LogP contribution in [-0.4, -0.2) is 51.5 Å². The van der Waals surface area contributed by atoms with E-state index in [2.05, 4.69) is 19.2 Å². The molecule has 1 aromatic rings. The first-order valence-corrected chi connectivity index (χ1v) is 9.41. The van der Waals surface area contributed by atoms with E-state index in [1.54, 1.807) is 14.2 Å². The Morgan fingerprint density at radius 1 is 1.31 bits per heavy atom. The second kappa shape index (κ2) is 10.3. The molecule has 1 atom stereocenters. The topological polar surface area (TPSA) is 60.0 Å². The van der Waals surface area contributed by atoms with Crippen molar-refractivity contribution in [3.05, 3.63) is 23.8 Å². The molecule has 1 heterocycles. The maximum absolute atomic E-state index is 12.6. The minimum atomic E-state index is -0.0266. The number of rotatable bonds is 9. The van der Waals surface area contributed by atoms with Gasteiger partial charge >= 0.3 is 6.03 Å². The van der Waals surface area contributed by atoms with Gasteiger partial charge in [-0.2, -0.15) is 0 Å². The molecule has 2 amide bonds. The quantitative estimate of drug-likeness (QED) is 0.680. The molecule has 0 spiro atoms. The lowest BCUT2D eigenvalue weighted by Crippen LogP contribution is -2.40. The van der Waals surface area contributed by atoms with Crippen molar-refractivity contribution >= 4 is 6.03 Å². The predicted octanol–water partition coefficient (Wildman–Crippen LogP) is 3.61. The van der Waals surface area contributed by atoms with E-state index in [9.17, 15) is 4.79 Å². The molecular formula is C20H32N2O4. The van der Waals surface area contributed by atoms with Gasteiger partial charge < -0.3 is 24.4 Å². The molecule has 1 N–H and O–H groups in total. The van der Waals surface area contributed by atoms with Crippen LogP contribution in [0.25, 0.3) is 0 Å². The minimum Gasteiger partial charge on any atom is -0.497 e. The van der Waals surface area contributed by atoms with E-state index in [0.717, 1.165) is 49.5 Å². The van der Waals surface area contributed by atoms with Crippen molar-refractivity contribution < 1.29 is 19.0 Å². The van der Waals surface area contributed by atoms with E-state index < -0.39 is 0 Å². The maximum Gasteiger partial charge on any atom is 0.317 e. The molecule has 1 aromatic carbocycles. The molecule has 0 radical (unpaired) electrons. The third-order valence-electron chi connectivity index (χ3n) is 4.50. The number of hydrogen-bond acceptors (Lipinski definition) is 4. The highest BCUT2D eigenvalue weighted by Crippen LogP contribution is 2.38. The minimum absolute atomic E-state index is 0.0113. The Labute approximate surface area is 156 Å². The van der Waals surface area contributed by atoms with Crippen molar-refractivity contribution in [1.82, 2.24) is 10.2 Å². The Morgan fingerprint density at radius 3 is 2.81 bits per heavy atom. The van der Waals surface area contributed by atoms with Crippen LogP contribution in [0.2, 0.25) is 0 Å². The molecule has 0 aliphatic carbocycles. The zero-order valence-corrected chi connectivity index (χ0v) is 16.4. The highest BCUT2D eigenvalue weighted by Gasteiger charge is 2.32. The van der Waals surface area contributed by atoms with Crippen LogP contribution in [0, 0.1) is 5.92 Å². The van der Waals surface area contributed by atoms with Gasteiger partial charge in [-0.05, 0) is 43.4 Å². The van der Waals surface area contributed by atoms with Gasteiger partial charge in [0.15, 0.2) is 0 Å². The molecule has 2 rings (SSSR count). The summed E-state index contributed by atoms with van der Waals surface area (Å²) >= 11 is 0. The summed E-state index contributed by atoms with van der Waals surface area (Å²) in [6.45, 7) is 7.06. The average Bonchev–Trinajstić information content (AvgIpc) is 3.13. The lowest BCUT2D eigenvalue weighted by atomic mass is 10.0. The number of benzene rings is 1. The van der Waals surface area contributed by atoms with E-state index >= 15 is 0 Å². The smallest absolute Gasteiger partial charge is 0.317 e. The number of methoxy groups -OCH3 is 2. The number of carbonyl (C=O) groups is 1. The lowest BCUT2D eigenvalue weighted by Gasteiger charge is -2.27. The monoisotopic (exact) mass is 364 g/mol. The molecule has 6 heteroatoms. The molecule has 146 valence electrons. The van der Waals surface area contributed by atoms with Crippen LogP contribution < -0.4 is 14.8 Å². The van der Waals surface area contributed by atoms with E-state index in [1.807, 2.05) is 23.1 Å². The number of amides is 2. The second-order valence-corrected chi connectivity index (χ2v) is 7.01. The standard InChI is InChI=1S/C20H32N2O4/c1-15(2)14-26-12-6-10-21-20(23)22-11-5-7-18(22)17-13-16(24-3)8-9-19(17)25-4/h8-9,13,15,18H,5-7,10-12,14H2,1-4H3,(H,21,23). The molecule has 0 aromatic heterocycles. The number of nitrogens with one attached hydrogen (secondary N) is 1. The van der Waals surface area contributed by atoms with Gasteiger partial charge in [-0.15, -0.1) is 0 Å². The predicted molar refractivity (Wildman–Crippen MR) is 102 cm³/mol. The van der Waals surface area contributed by atoms with Gasteiger partial charge in [0.2, 0.25) is 0 Å². The zero-order valence-electron chi connectivity index (χ0n) is 16.4. The van der Waals surface area contributed by atoms with Crippen LogP contribution in [0.3, 0.4) is 0 Å². The first kappa shape index (κ1) is 20.4. The number of likely N-dealkylation sites (tertiary alicyclic amines) is 1. The van der Waals surface area contributed by atoms with E-state index in [1.165, 1.54) is 0 Å². The zero-order chi connectivity index (χ0) is 18.9. The van der Waals surface area contributed by atoms with Gasteiger partial charge in [0.25, 0.3) is 0 Å². The van der Waals surface area contributed by atoms with Gasteiger partial charge in [-0.3, -0.25) is 0 Å². The first-order chi connectivity index (χ1) is 12.6. The van der Waals surface area contributed by atoms with Crippen molar-refractivity contribution in [3.8, 4) is 11.5 Å². The molecule has 1 fully saturated rings. The van der Waals surface area contributed by atoms with Gasteiger partial charge in [0, 0.05) is 31.9 Å². The molecule has 0 saturated carbocycles. The van der Waals surface area contributed by atoms with Gasteiger partial charge in [0.05, 0.1) is 20.3 Å². The van der Waals surface area contributed by atoms with Crippen LogP contribution in [0.15, 0.2) is 18.2 Å². The summed E-state index contributed by atoms with van der Waals surface area (Å²) in [4.78, 5) is 14.5. The van der Waals surface area contributed by atoms with Crippen LogP contribution in [0.1, 0.15) is 44.7 Å². The summed E-state index contributed by atoms with van der Waals surface area (Å²) in [5, 5.41) is 3.01. The van der Waals surface area contributed by atoms with Gasteiger partial charge in [0.1, 0.15) is 11.5 Å². The van der Waals surface area contributed by atoms with Crippen LogP contribution in [0.5, 0.6) is 11.5 Å². The van der Waals surface area contributed by atoms with Crippen molar-refractivity contribution in [2.45, 2.75) is 39.2 Å². The summed E-state index contributed by atoms with van der Waals surface area (Å²) in [5.74, 6) is 2.10. The fraction of sp³-hybridized carbons (Fsp3) is 0.650. The summed E-state index contributed by atoms with van der Waals surface area (Å²) in [6, 6.07) is 5.72. The molecule has 1 unspecified atom stereocenters. The Hall–Kier alpha value is -1.95. The van der Waals surface area contributed by atoms with Crippen LogP contribution in [0.4, 0.5) is 4.79 Å². The Morgan fingerprint density at radius 2 is 2.12 bits per heavy atom. The van der Waals surface area contributed by atoms with Crippen molar-refractivity contribution in [2.75, 3.05) is 40.5 Å². The third-order valence-corrected chi connectivity index (χ3v) is 4.50. The molecule has 1 aliphatic rings. The maximum atomic E-state index is 12.6. The number of hydrogen-bond donors (Lipinski definition) is 1. The molecule has 6 nitrogen and oxygen atoms in total. The highest BCUT2D eigenvalue weighted by molar-refractivity contribution is 5.75. The summed E-state index contributed by atoms with van der Waals surface area (Å²) in [6.07, 6.45) is 2.73. The number of nitrogens with zero attached hydrogens (tertiary/aromatic N) is 1. The number of urea groups is 1. The fourth-order valence-electron chi connectivity index (χ4n) is 3.22. The Kier molecular flexibility index (Phi) is 8.04. The first-order valence-electron chi connectivity index (χ1n) is 9.41. The van der Waals surface area contributed by atoms with Crippen LogP contribution in [-0.2, 0) is 4.74 Å². The van der Waals surface area contributed by atoms with E-state index in [4.69, 9.17) is 14.2 Å². The van der Waals surface area contributed by atoms with Gasteiger partial charge in [-0.1, -0.05) is 13.8 Å². The molecule has 26 heavy (non-hydrogen) atoms. The lowest BCUT2D eigenvalue weighted by molar-refractivity contribution is 0.107. The van der Waals surface area contributed by atoms with E-state index in [0.29, 0.717) is 19.1 Å². The van der Waals surface area contributed by atoms with Gasteiger partial charge in [-0.25, -0.2) is 4.79 Å². The van der Waals surface area contributed by atoms with Crippen molar-refractivity contribution in [3.63, 3.8) is 0 Å². The Balaban J connectivity index is 1.92. The summed E-state index contributed by atoms with van der Waals surface area (Å²) < 4.78 is 16.4. The SMILES string of the molecule is COc1ccc(OC)c(C2CCCN2C(=O)NCCCOCC(C)C)c1. The highest BCUT2D eigenvalue weighted by atomic mass is 16.5. The number of ether oxygens (including phenoxy) is 3. The summed E-state index contributed by atoms with van der Waals surface area (Å²) in [7, 11) is 3.30. The number of carbonyl (C=O) groups excluding carboxylic acids is 1. The third kappa shape index (κ3) is 5.53. The van der Waals surface area contributed by atoms with Crippen molar-refractivity contribution in [2.24, 2.45) is 5.92 Å². The molecule has 1 aliphatic heterocycles. The Bertz CT molecular complexity index is 577. The molecule has 1 saturated heterocycles. The largest absolute Gasteiger partial charge is 0.497 e. The second-order valence-electron chi connectivity index (χ2n) is 7.01. The van der Waals surface area contributed by atoms with Crippen LogP contribution >= 0.6 is 0 Å². The fourth-order valence-corrected chi connectivity index (χ4v) is 3.22. The average molecular weight is 364 g/mol.